The van der Waals surface area contributed by atoms with Crippen LogP contribution in [0.4, 0.5) is 0 Å². The zero-order chi connectivity index (χ0) is 8.84. The van der Waals surface area contributed by atoms with Gasteiger partial charge < -0.3 is 0 Å². The average molecular weight is 177 g/mol. The quantitative estimate of drug-likeness (QED) is 0.586. The zero-order valence-electron chi connectivity index (χ0n) is 8.28. The maximum Gasteiger partial charge on any atom is 0.0166 e. The molecule has 13 heavy (non-hydrogen) atoms. The lowest BCUT2D eigenvalue weighted by atomic mass is 9.63. The van der Waals surface area contributed by atoms with Gasteiger partial charge >= 0.3 is 0 Å². The zero-order valence-corrected chi connectivity index (χ0v) is 8.28. The average Bonchev–Trinajstić information content (AvgIpc) is 2.10. The van der Waals surface area contributed by atoms with E-state index < -0.39 is 0 Å². The van der Waals surface area contributed by atoms with Gasteiger partial charge in [-0.3, -0.25) is 4.90 Å². The summed E-state index contributed by atoms with van der Waals surface area (Å²) in [6, 6.07) is 1.85. The van der Waals surface area contributed by atoms with Gasteiger partial charge in [0.2, 0.25) is 0 Å². The van der Waals surface area contributed by atoms with E-state index in [9.17, 15) is 0 Å². The van der Waals surface area contributed by atoms with Crippen molar-refractivity contribution >= 4 is 0 Å². The summed E-state index contributed by atoms with van der Waals surface area (Å²) in [6.07, 6.45) is 9.58. The molecule has 4 bridgehead atoms. The fourth-order valence-corrected chi connectivity index (χ4v) is 4.07. The Hall–Kier alpha value is -0.300. The van der Waals surface area contributed by atoms with Gasteiger partial charge in [0, 0.05) is 18.6 Å². The minimum absolute atomic E-state index is 0.925. The first-order valence-corrected chi connectivity index (χ1v) is 5.73. The molecular formula is C12H19N. The van der Waals surface area contributed by atoms with Crippen LogP contribution < -0.4 is 0 Å². The van der Waals surface area contributed by atoms with E-state index in [0.717, 1.165) is 30.5 Å². The molecule has 0 spiro atoms. The maximum absolute atomic E-state index is 3.87. The molecule has 0 atom stereocenters. The van der Waals surface area contributed by atoms with Crippen LogP contribution in [0.5, 0.6) is 0 Å². The molecule has 0 unspecified atom stereocenters. The molecule has 4 rings (SSSR count). The van der Waals surface area contributed by atoms with Gasteiger partial charge in [-0.2, -0.15) is 0 Å². The number of piperidine rings is 2. The normalized spacial score (nSPS) is 48.3. The van der Waals surface area contributed by atoms with E-state index in [1.54, 1.807) is 6.42 Å². The van der Waals surface area contributed by atoms with E-state index in [4.69, 9.17) is 0 Å². The van der Waals surface area contributed by atoms with E-state index in [1.165, 1.54) is 25.7 Å². The highest BCUT2D eigenvalue weighted by Gasteiger charge is 2.46. The lowest BCUT2D eigenvalue weighted by Gasteiger charge is -2.56. The summed E-state index contributed by atoms with van der Waals surface area (Å²) in [4.78, 5) is 2.72. The van der Waals surface area contributed by atoms with Crippen molar-refractivity contribution in [2.45, 2.75) is 44.2 Å². The van der Waals surface area contributed by atoms with E-state index in [1.807, 2.05) is 0 Å². The molecule has 2 saturated carbocycles. The van der Waals surface area contributed by atoms with Crippen LogP contribution in [0.15, 0.2) is 12.7 Å². The fourth-order valence-electron chi connectivity index (χ4n) is 4.07. The molecule has 72 valence electrons. The van der Waals surface area contributed by atoms with Crippen molar-refractivity contribution < 1.29 is 0 Å². The Balaban J connectivity index is 1.81. The highest BCUT2D eigenvalue weighted by atomic mass is 15.2. The second-order valence-corrected chi connectivity index (χ2v) is 5.20. The van der Waals surface area contributed by atoms with Crippen molar-refractivity contribution in [3.05, 3.63) is 12.7 Å². The third-order valence-corrected chi connectivity index (χ3v) is 4.37. The largest absolute Gasteiger partial charge is 0.294 e. The first kappa shape index (κ1) is 8.05. The Morgan fingerprint density at radius 1 is 1.00 bits per heavy atom. The fraction of sp³-hybridized carbons (Fsp3) is 0.833. The number of rotatable bonds is 2. The lowest BCUT2D eigenvalue weighted by molar-refractivity contribution is -0.0519. The van der Waals surface area contributed by atoms with Gasteiger partial charge in [-0.1, -0.05) is 6.08 Å². The summed E-state index contributed by atoms with van der Waals surface area (Å²) in [5.74, 6) is 2.17. The van der Waals surface area contributed by atoms with E-state index >= 15 is 0 Å². The van der Waals surface area contributed by atoms with Gasteiger partial charge in [0.1, 0.15) is 0 Å². The molecule has 0 aromatic rings. The Morgan fingerprint density at radius 3 is 2.00 bits per heavy atom. The first-order valence-electron chi connectivity index (χ1n) is 5.73. The molecule has 1 nitrogen and oxygen atoms in total. The van der Waals surface area contributed by atoms with E-state index in [0.29, 0.717) is 0 Å². The van der Waals surface area contributed by atoms with Gasteiger partial charge in [-0.15, -0.1) is 6.58 Å². The highest BCUT2D eigenvalue weighted by Crippen LogP contribution is 2.48. The summed E-state index contributed by atoms with van der Waals surface area (Å²) in [7, 11) is 0. The summed E-state index contributed by atoms with van der Waals surface area (Å²) in [6.45, 7) is 5.00. The third kappa shape index (κ3) is 1.17. The molecule has 2 saturated heterocycles. The summed E-state index contributed by atoms with van der Waals surface area (Å²) >= 11 is 0. The molecule has 0 aromatic heterocycles. The summed E-state index contributed by atoms with van der Waals surface area (Å²) in [5, 5.41) is 0. The van der Waals surface area contributed by atoms with Crippen molar-refractivity contribution in [2.75, 3.05) is 6.54 Å². The van der Waals surface area contributed by atoms with Crippen LogP contribution in [0.25, 0.3) is 0 Å². The van der Waals surface area contributed by atoms with Crippen molar-refractivity contribution in [2.24, 2.45) is 11.8 Å². The van der Waals surface area contributed by atoms with Crippen LogP contribution in [-0.4, -0.2) is 23.5 Å². The Kier molecular flexibility index (Phi) is 1.76. The van der Waals surface area contributed by atoms with Crippen molar-refractivity contribution in [3.63, 3.8) is 0 Å². The van der Waals surface area contributed by atoms with Crippen molar-refractivity contribution in [1.29, 1.82) is 0 Å². The molecule has 0 N–H and O–H groups in total. The molecule has 0 aromatic carbocycles. The van der Waals surface area contributed by atoms with Crippen molar-refractivity contribution in [3.8, 4) is 0 Å². The minimum atomic E-state index is 0.925. The SMILES string of the molecule is C=CCN1C2CC3CC(C2)CC1C3. The Labute approximate surface area is 80.8 Å². The van der Waals surface area contributed by atoms with Crippen LogP contribution in [-0.2, 0) is 0 Å². The highest BCUT2D eigenvalue weighted by molar-refractivity contribution is 5.01. The van der Waals surface area contributed by atoms with Crippen LogP contribution in [0.3, 0.4) is 0 Å². The summed E-state index contributed by atoms with van der Waals surface area (Å²) in [5.41, 5.74) is 0. The van der Waals surface area contributed by atoms with Crippen LogP contribution in [0.1, 0.15) is 32.1 Å². The Bertz CT molecular complexity index is 193. The second-order valence-electron chi connectivity index (χ2n) is 5.20. The van der Waals surface area contributed by atoms with Crippen LogP contribution >= 0.6 is 0 Å². The Morgan fingerprint density at radius 2 is 1.54 bits per heavy atom. The molecule has 2 heterocycles. The number of hydrogen-bond acceptors (Lipinski definition) is 1. The van der Waals surface area contributed by atoms with Crippen LogP contribution in [0, 0.1) is 11.8 Å². The lowest BCUT2D eigenvalue weighted by Crippen LogP contribution is -2.57. The van der Waals surface area contributed by atoms with E-state index in [-0.39, 0.29) is 0 Å². The van der Waals surface area contributed by atoms with Crippen LogP contribution in [0.2, 0.25) is 0 Å². The number of hydrogen-bond donors (Lipinski definition) is 0. The second kappa shape index (κ2) is 2.84. The molecule has 2 aliphatic carbocycles. The molecule has 0 amide bonds. The first-order chi connectivity index (χ1) is 6.36. The van der Waals surface area contributed by atoms with Gasteiger partial charge in [0.05, 0.1) is 0 Å². The molecular weight excluding hydrogens is 158 g/mol. The third-order valence-electron chi connectivity index (χ3n) is 4.37. The van der Waals surface area contributed by atoms with Gasteiger partial charge in [-0.05, 0) is 43.9 Å². The van der Waals surface area contributed by atoms with Gasteiger partial charge in [-0.25, -0.2) is 0 Å². The smallest absolute Gasteiger partial charge is 0.0166 e. The van der Waals surface area contributed by atoms with Gasteiger partial charge in [0.15, 0.2) is 0 Å². The molecule has 1 heteroatoms. The molecule has 4 fully saturated rings. The monoisotopic (exact) mass is 177 g/mol. The molecule has 0 radical (unpaired) electrons. The van der Waals surface area contributed by atoms with Crippen molar-refractivity contribution in [1.82, 2.24) is 4.90 Å². The van der Waals surface area contributed by atoms with Gasteiger partial charge in [0.25, 0.3) is 0 Å². The molecule has 2 aliphatic heterocycles. The number of nitrogens with zero attached hydrogens (tertiary/aromatic N) is 1. The predicted octanol–water partition coefficient (Wildman–Crippen LogP) is 2.44. The standard InChI is InChI=1S/C12H19N/c1-2-3-13-11-5-9-4-10(7-11)8-12(13)6-9/h2,9-12H,1,3-8H2. The predicted molar refractivity (Wildman–Crippen MR) is 54.5 cm³/mol. The van der Waals surface area contributed by atoms with E-state index in [2.05, 4.69) is 17.6 Å². The topological polar surface area (TPSA) is 3.24 Å². The minimum Gasteiger partial charge on any atom is -0.294 e. The summed E-state index contributed by atoms with van der Waals surface area (Å²) < 4.78 is 0. The molecule has 4 aliphatic rings. The maximum atomic E-state index is 3.87.